The molecule has 0 bridgehead atoms. The van der Waals surface area contributed by atoms with E-state index < -0.39 is 0 Å². The van der Waals surface area contributed by atoms with Crippen LogP contribution in [0.1, 0.15) is 37.6 Å². The first kappa shape index (κ1) is 18.2. The van der Waals surface area contributed by atoms with E-state index >= 15 is 0 Å². The van der Waals surface area contributed by atoms with Gasteiger partial charge in [0.1, 0.15) is 0 Å². The Kier molecular flexibility index (Phi) is 5.35. The van der Waals surface area contributed by atoms with Crippen molar-refractivity contribution < 1.29 is 4.79 Å². The van der Waals surface area contributed by atoms with Crippen LogP contribution in [0.2, 0.25) is 0 Å². The summed E-state index contributed by atoms with van der Waals surface area (Å²) in [6, 6.07) is 8.75. The van der Waals surface area contributed by atoms with E-state index in [0.29, 0.717) is 12.6 Å². The number of nitrogens with zero attached hydrogens (tertiary/aromatic N) is 3. The van der Waals surface area contributed by atoms with Gasteiger partial charge in [0.05, 0.1) is 0 Å². The molecule has 3 rings (SSSR count). The molecule has 2 fully saturated rings. The minimum Gasteiger partial charge on any atom is -0.369 e. The van der Waals surface area contributed by atoms with Gasteiger partial charge in [0.15, 0.2) is 0 Å². The summed E-state index contributed by atoms with van der Waals surface area (Å²) in [5.41, 5.74) is 7.93. The summed E-state index contributed by atoms with van der Waals surface area (Å²) in [4.78, 5) is 19.6. The van der Waals surface area contributed by atoms with Gasteiger partial charge >= 0.3 is 0 Å². The van der Waals surface area contributed by atoms with Gasteiger partial charge in [-0.3, -0.25) is 9.69 Å². The van der Waals surface area contributed by atoms with Crippen LogP contribution in [0.5, 0.6) is 0 Å². The van der Waals surface area contributed by atoms with Crippen molar-refractivity contribution in [2.75, 3.05) is 50.7 Å². The van der Waals surface area contributed by atoms with Gasteiger partial charge in [-0.2, -0.15) is 0 Å². The number of rotatable bonds is 4. The smallest absolute Gasteiger partial charge is 0.253 e. The minimum absolute atomic E-state index is 0.0751. The molecular formula is C20H32N4O. The van der Waals surface area contributed by atoms with Gasteiger partial charge < -0.3 is 15.5 Å². The lowest BCUT2D eigenvalue weighted by Gasteiger charge is -2.38. The molecule has 5 heteroatoms. The molecule has 2 aliphatic heterocycles. The highest BCUT2D eigenvalue weighted by molar-refractivity contribution is 5.94. The van der Waals surface area contributed by atoms with Crippen LogP contribution in [-0.2, 0) is 0 Å². The number of hydrogen-bond acceptors (Lipinski definition) is 4. The Morgan fingerprint density at radius 1 is 1.12 bits per heavy atom. The normalized spacial score (nSPS) is 25.0. The Morgan fingerprint density at radius 3 is 2.28 bits per heavy atom. The third kappa shape index (κ3) is 3.98. The highest BCUT2D eigenvalue weighted by atomic mass is 16.2. The fraction of sp³-hybridized carbons (Fsp3) is 0.650. The SMILES string of the molecule is CC(C)N1CCN(c2ccc(C(=O)N3CCC(C)(CN)C3)cc2)CC1. The Hall–Kier alpha value is -1.59. The summed E-state index contributed by atoms with van der Waals surface area (Å²) in [6.07, 6.45) is 0.994. The van der Waals surface area contributed by atoms with Gasteiger partial charge in [-0.15, -0.1) is 0 Å². The Balaban J connectivity index is 1.60. The molecule has 2 aliphatic rings. The van der Waals surface area contributed by atoms with Crippen molar-refractivity contribution in [1.82, 2.24) is 9.80 Å². The standard InChI is InChI=1S/C20H32N4O/c1-16(2)22-10-12-23(13-11-22)18-6-4-17(5-7-18)19(25)24-9-8-20(3,14-21)15-24/h4-7,16H,8-15,21H2,1-3H3. The van der Waals surface area contributed by atoms with Crippen molar-refractivity contribution in [3.63, 3.8) is 0 Å². The van der Waals surface area contributed by atoms with Gasteiger partial charge in [-0.1, -0.05) is 6.92 Å². The van der Waals surface area contributed by atoms with Crippen molar-refractivity contribution in [3.8, 4) is 0 Å². The summed E-state index contributed by atoms with van der Waals surface area (Å²) < 4.78 is 0. The van der Waals surface area contributed by atoms with E-state index in [9.17, 15) is 4.79 Å². The van der Waals surface area contributed by atoms with E-state index in [4.69, 9.17) is 5.73 Å². The van der Waals surface area contributed by atoms with Gasteiger partial charge in [0, 0.05) is 56.6 Å². The number of piperazine rings is 1. The van der Waals surface area contributed by atoms with Gasteiger partial charge in [-0.25, -0.2) is 0 Å². The zero-order valence-electron chi connectivity index (χ0n) is 15.9. The first-order valence-electron chi connectivity index (χ1n) is 9.50. The predicted octanol–water partition coefficient (Wildman–Crippen LogP) is 2.03. The number of carbonyl (C=O) groups is 1. The van der Waals surface area contributed by atoms with E-state index in [1.165, 1.54) is 5.69 Å². The van der Waals surface area contributed by atoms with Crippen molar-refractivity contribution in [3.05, 3.63) is 29.8 Å². The van der Waals surface area contributed by atoms with E-state index in [-0.39, 0.29) is 11.3 Å². The van der Waals surface area contributed by atoms with Crippen LogP contribution < -0.4 is 10.6 Å². The third-order valence-corrected chi connectivity index (χ3v) is 5.86. The molecule has 2 heterocycles. The van der Waals surface area contributed by atoms with Crippen LogP contribution >= 0.6 is 0 Å². The quantitative estimate of drug-likeness (QED) is 0.908. The van der Waals surface area contributed by atoms with Gasteiger partial charge in [-0.05, 0) is 56.5 Å². The lowest BCUT2D eigenvalue weighted by Crippen LogP contribution is -2.48. The fourth-order valence-electron chi connectivity index (χ4n) is 3.86. The molecule has 0 aliphatic carbocycles. The first-order chi connectivity index (χ1) is 11.9. The summed E-state index contributed by atoms with van der Waals surface area (Å²) >= 11 is 0. The van der Waals surface area contributed by atoms with Crippen molar-refractivity contribution >= 4 is 11.6 Å². The van der Waals surface area contributed by atoms with Gasteiger partial charge in [0.25, 0.3) is 5.91 Å². The van der Waals surface area contributed by atoms with E-state index in [1.54, 1.807) is 0 Å². The highest BCUT2D eigenvalue weighted by Crippen LogP contribution is 2.29. The molecule has 25 heavy (non-hydrogen) atoms. The number of amides is 1. The molecule has 1 aromatic rings. The predicted molar refractivity (Wildman–Crippen MR) is 103 cm³/mol. The lowest BCUT2D eigenvalue weighted by molar-refractivity contribution is 0.0777. The molecule has 1 unspecified atom stereocenters. The summed E-state index contributed by atoms with van der Waals surface area (Å²) in [7, 11) is 0. The maximum absolute atomic E-state index is 12.7. The zero-order valence-corrected chi connectivity index (χ0v) is 15.9. The molecule has 5 nitrogen and oxygen atoms in total. The highest BCUT2D eigenvalue weighted by Gasteiger charge is 2.35. The van der Waals surface area contributed by atoms with Crippen LogP contribution in [0.4, 0.5) is 5.69 Å². The van der Waals surface area contributed by atoms with Crippen LogP contribution in [0.3, 0.4) is 0 Å². The maximum Gasteiger partial charge on any atom is 0.253 e. The van der Waals surface area contributed by atoms with Crippen molar-refractivity contribution in [2.24, 2.45) is 11.1 Å². The summed E-state index contributed by atoms with van der Waals surface area (Å²) in [6.45, 7) is 13.2. The molecule has 0 spiro atoms. The summed E-state index contributed by atoms with van der Waals surface area (Å²) in [5.74, 6) is 0.133. The molecule has 0 aromatic heterocycles. The van der Waals surface area contributed by atoms with E-state index in [1.807, 2.05) is 17.0 Å². The van der Waals surface area contributed by atoms with Gasteiger partial charge in [0.2, 0.25) is 0 Å². The first-order valence-corrected chi connectivity index (χ1v) is 9.50. The number of likely N-dealkylation sites (tertiary alicyclic amines) is 1. The second kappa shape index (κ2) is 7.34. The molecule has 2 N–H and O–H groups in total. The molecule has 0 saturated carbocycles. The molecule has 138 valence electrons. The van der Waals surface area contributed by atoms with E-state index in [2.05, 4.69) is 42.7 Å². The number of nitrogens with two attached hydrogens (primary N) is 1. The lowest BCUT2D eigenvalue weighted by atomic mass is 9.90. The average Bonchev–Trinajstić information content (AvgIpc) is 3.04. The van der Waals surface area contributed by atoms with E-state index in [0.717, 1.165) is 51.3 Å². The molecule has 1 amide bonds. The van der Waals surface area contributed by atoms with Crippen LogP contribution in [-0.4, -0.2) is 67.6 Å². The monoisotopic (exact) mass is 344 g/mol. The Labute approximate surface area is 151 Å². The van der Waals surface area contributed by atoms with Crippen molar-refractivity contribution in [2.45, 2.75) is 33.2 Å². The number of anilines is 1. The summed E-state index contributed by atoms with van der Waals surface area (Å²) in [5, 5.41) is 0. The number of benzene rings is 1. The van der Waals surface area contributed by atoms with Crippen LogP contribution in [0, 0.1) is 5.41 Å². The minimum atomic E-state index is 0.0751. The average molecular weight is 345 g/mol. The molecular weight excluding hydrogens is 312 g/mol. The second-order valence-electron chi connectivity index (χ2n) is 8.16. The largest absolute Gasteiger partial charge is 0.369 e. The Morgan fingerprint density at radius 2 is 1.76 bits per heavy atom. The maximum atomic E-state index is 12.7. The topological polar surface area (TPSA) is 52.8 Å². The molecule has 2 saturated heterocycles. The number of hydrogen-bond donors (Lipinski definition) is 1. The fourth-order valence-corrected chi connectivity index (χ4v) is 3.86. The number of carbonyl (C=O) groups excluding carboxylic acids is 1. The van der Waals surface area contributed by atoms with Crippen molar-refractivity contribution in [1.29, 1.82) is 0 Å². The molecule has 1 atom stereocenters. The zero-order chi connectivity index (χ0) is 18.0. The second-order valence-corrected chi connectivity index (χ2v) is 8.16. The molecule has 1 aromatic carbocycles. The Bertz CT molecular complexity index is 592. The molecule has 0 radical (unpaired) electrons. The van der Waals surface area contributed by atoms with Crippen LogP contribution in [0.15, 0.2) is 24.3 Å². The third-order valence-electron chi connectivity index (χ3n) is 5.86. The van der Waals surface area contributed by atoms with Crippen LogP contribution in [0.25, 0.3) is 0 Å².